The first-order valence-electron chi connectivity index (χ1n) is 8.13. The summed E-state index contributed by atoms with van der Waals surface area (Å²) in [5.74, 6) is 0.118. The van der Waals surface area contributed by atoms with Gasteiger partial charge in [-0.05, 0) is 36.4 Å². The second kappa shape index (κ2) is 6.00. The van der Waals surface area contributed by atoms with Crippen LogP contribution < -0.4 is 14.4 Å². The van der Waals surface area contributed by atoms with E-state index in [0.29, 0.717) is 46.5 Å². The van der Waals surface area contributed by atoms with Crippen molar-refractivity contribution in [1.29, 1.82) is 0 Å². The highest BCUT2D eigenvalue weighted by Crippen LogP contribution is 2.43. The molecule has 0 saturated heterocycles. The van der Waals surface area contributed by atoms with E-state index in [1.54, 1.807) is 37.4 Å². The summed E-state index contributed by atoms with van der Waals surface area (Å²) >= 11 is 6.02. The number of hydrogen-bond acceptors (Lipinski definition) is 5. The molecule has 26 heavy (non-hydrogen) atoms. The molecule has 7 heteroatoms. The lowest BCUT2D eigenvalue weighted by Crippen LogP contribution is -2.40. The van der Waals surface area contributed by atoms with Gasteiger partial charge in [-0.15, -0.1) is 0 Å². The number of carbonyl (C=O) groups is 2. The van der Waals surface area contributed by atoms with E-state index in [1.165, 1.54) is 11.0 Å². The van der Waals surface area contributed by atoms with Crippen LogP contribution in [0.3, 0.4) is 0 Å². The average molecular weight is 374 g/mol. The molecule has 0 bridgehead atoms. The van der Waals surface area contributed by atoms with Crippen LogP contribution in [0.5, 0.6) is 11.5 Å². The van der Waals surface area contributed by atoms with Crippen molar-refractivity contribution >= 4 is 29.0 Å². The molecule has 6 nitrogen and oxygen atoms in total. The van der Waals surface area contributed by atoms with E-state index in [-0.39, 0.29) is 12.2 Å². The number of aliphatic hydroxyl groups is 1. The summed E-state index contributed by atoms with van der Waals surface area (Å²) in [6.45, 7) is 0.863. The molecule has 2 aromatic carbocycles. The summed E-state index contributed by atoms with van der Waals surface area (Å²) < 4.78 is 10.9. The second-order valence-corrected chi connectivity index (χ2v) is 6.78. The van der Waals surface area contributed by atoms with Crippen LogP contribution in [-0.2, 0) is 10.4 Å². The van der Waals surface area contributed by atoms with Crippen LogP contribution in [-0.4, -0.2) is 37.1 Å². The predicted molar refractivity (Wildman–Crippen MR) is 95.1 cm³/mol. The topological polar surface area (TPSA) is 76.1 Å². The minimum Gasteiger partial charge on any atom is -0.486 e. The molecular formula is C19H16ClNO5. The quantitative estimate of drug-likeness (QED) is 0.837. The van der Waals surface area contributed by atoms with Crippen molar-refractivity contribution in [2.75, 3.05) is 25.2 Å². The number of carbonyl (C=O) groups excluding carboxylic acids is 2. The molecule has 0 radical (unpaired) electrons. The van der Waals surface area contributed by atoms with Gasteiger partial charge in [0.05, 0.1) is 12.1 Å². The van der Waals surface area contributed by atoms with Gasteiger partial charge in [0, 0.05) is 23.2 Å². The predicted octanol–water partition coefficient (Wildman–Crippen LogP) is 2.55. The van der Waals surface area contributed by atoms with E-state index in [9.17, 15) is 14.7 Å². The van der Waals surface area contributed by atoms with E-state index in [0.717, 1.165) is 0 Å². The zero-order valence-corrected chi connectivity index (χ0v) is 14.7. The molecule has 0 unspecified atom stereocenters. The van der Waals surface area contributed by atoms with Gasteiger partial charge in [-0.25, -0.2) is 0 Å². The van der Waals surface area contributed by atoms with Gasteiger partial charge in [-0.3, -0.25) is 9.59 Å². The van der Waals surface area contributed by atoms with E-state index >= 15 is 0 Å². The van der Waals surface area contributed by atoms with Gasteiger partial charge in [0.25, 0.3) is 5.91 Å². The van der Waals surface area contributed by atoms with Crippen molar-refractivity contribution in [1.82, 2.24) is 0 Å². The number of amides is 1. The Morgan fingerprint density at radius 2 is 1.92 bits per heavy atom. The van der Waals surface area contributed by atoms with Crippen LogP contribution in [0.15, 0.2) is 36.4 Å². The Hall–Kier alpha value is -2.57. The molecule has 134 valence electrons. The van der Waals surface area contributed by atoms with Crippen molar-refractivity contribution in [2.24, 2.45) is 0 Å². The van der Waals surface area contributed by atoms with Crippen LogP contribution in [0.25, 0.3) is 0 Å². The van der Waals surface area contributed by atoms with Crippen molar-refractivity contribution in [3.8, 4) is 11.5 Å². The number of halogens is 1. The number of likely N-dealkylation sites (N-methyl/N-ethyl adjacent to an activating group) is 1. The Morgan fingerprint density at radius 3 is 2.69 bits per heavy atom. The molecular weight excluding hydrogens is 358 g/mol. The summed E-state index contributed by atoms with van der Waals surface area (Å²) in [5.41, 5.74) is -0.729. The van der Waals surface area contributed by atoms with Crippen molar-refractivity contribution in [3.63, 3.8) is 0 Å². The van der Waals surface area contributed by atoms with Crippen molar-refractivity contribution in [3.05, 3.63) is 52.5 Å². The smallest absolute Gasteiger partial charge is 0.263 e. The van der Waals surface area contributed by atoms with E-state index in [2.05, 4.69) is 0 Å². The summed E-state index contributed by atoms with van der Waals surface area (Å²) in [4.78, 5) is 26.7. The van der Waals surface area contributed by atoms with Gasteiger partial charge < -0.3 is 19.5 Å². The molecule has 1 N–H and O–H groups in total. The third kappa shape index (κ3) is 2.53. The van der Waals surface area contributed by atoms with Crippen LogP contribution >= 0.6 is 11.6 Å². The van der Waals surface area contributed by atoms with Gasteiger partial charge in [-0.1, -0.05) is 11.6 Å². The normalized spacial score (nSPS) is 20.9. The molecule has 0 spiro atoms. The highest BCUT2D eigenvalue weighted by atomic mass is 35.5. The highest BCUT2D eigenvalue weighted by molar-refractivity contribution is 6.31. The lowest BCUT2D eigenvalue weighted by Gasteiger charge is -2.22. The summed E-state index contributed by atoms with van der Waals surface area (Å²) in [7, 11) is 1.56. The summed E-state index contributed by atoms with van der Waals surface area (Å²) in [5, 5.41) is 11.4. The number of hydrogen-bond donors (Lipinski definition) is 1. The van der Waals surface area contributed by atoms with Gasteiger partial charge in [0.2, 0.25) is 0 Å². The van der Waals surface area contributed by atoms with Gasteiger partial charge in [0.15, 0.2) is 22.9 Å². The van der Waals surface area contributed by atoms with Crippen molar-refractivity contribution in [2.45, 2.75) is 12.0 Å². The first-order chi connectivity index (χ1) is 12.4. The fraction of sp³-hybridized carbons (Fsp3) is 0.263. The average Bonchev–Trinajstić information content (AvgIpc) is 2.82. The Balaban J connectivity index is 1.67. The Morgan fingerprint density at radius 1 is 1.19 bits per heavy atom. The van der Waals surface area contributed by atoms with E-state index < -0.39 is 11.5 Å². The zero-order valence-electron chi connectivity index (χ0n) is 14.0. The summed E-state index contributed by atoms with van der Waals surface area (Å²) in [6.07, 6.45) is -0.386. The first kappa shape index (κ1) is 16.9. The number of Topliss-reactive ketones (excluding diaryl/α,β-unsaturated/α-hetero) is 1. The molecule has 1 amide bonds. The Bertz CT molecular complexity index is 928. The molecule has 0 saturated carbocycles. The molecule has 0 fully saturated rings. The number of fused-ring (bicyclic) bond motifs is 2. The van der Waals surface area contributed by atoms with Crippen LogP contribution in [0.1, 0.15) is 22.3 Å². The number of benzene rings is 2. The summed E-state index contributed by atoms with van der Waals surface area (Å²) in [6, 6.07) is 9.64. The molecule has 2 aromatic rings. The third-order valence-electron chi connectivity index (χ3n) is 4.70. The molecule has 0 aliphatic carbocycles. The van der Waals surface area contributed by atoms with Crippen molar-refractivity contribution < 1.29 is 24.2 Å². The highest BCUT2D eigenvalue weighted by Gasteiger charge is 2.49. The fourth-order valence-electron chi connectivity index (χ4n) is 3.36. The largest absolute Gasteiger partial charge is 0.486 e. The SMILES string of the molecule is CN1C(=O)[C@@](O)(CC(=O)c2ccc3c(c2)OCCO3)c2cc(Cl)ccc21. The molecule has 2 heterocycles. The third-order valence-corrected chi connectivity index (χ3v) is 4.94. The molecule has 2 aliphatic heterocycles. The number of ether oxygens (including phenoxy) is 2. The standard InChI is InChI=1S/C19H16ClNO5/c1-21-14-4-3-12(20)9-13(14)19(24,18(21)23)10-15(22)11-2-5-16-17(8-11)26-7-6-25-16/h2-5,8-9,24H,6-7,10H2,1H3/t19-/m1/s1. The van der Waals surface area contributed by atoms with Crippen LogP contribution in [0.4, 0.5) is 5.69 Å². The number of anilines is 1. The van der Waals surface area contributed by atoms with E-state index in [4.69, 9.17) is 21.1 Å². The molecule has 1 atom stereocenters. The lowest BCUT2D eigenvalue weighted by molar-refractivity contribution is -0.135. The maximum absolute atomic E-state index is 12.8. The zero-order chi connectivity index (χ0) is 18.5. The minimum absolute atomic E-state index is 0.336. The Labute approximate surface area is 154 Å². The van der Waals surface area contributed by atoms with E-state index in [1.807, 2.05) is 0 Å². The second-order valence-electron chi connectivity index (χ2n) is 6.34. The Kier molecular flexibility index (Phi) is 3.89. The van der Waals surface area contributed by atoms with Gasteiger partial charge in [-0.2, -0.15) is 0 Å². The van der Waals surface area contributed by atoms with Crippen LogP contribution in [0.2, 0.25) is 5.02 Å². The molecule has 0 aromatic heterocycles. The minimum atomic E-state index is -1.95. The maximum Gasteiger partial charge on any atom is 0.263 e. The molecule has 2 aliphatic rings. The first-order valence-corrected chi connectivity index (χ1v) is 8.51. The monoisotopic (exact) mass is 373 g/mol. The fourth-order valence-corrected chi connectivity index (χ4v) is 3.53. The lowest BCUT2D eigenvalue weighted by atomic mass is 9.88. The maximum atomic E-state index is 12.8. The van der Waals surface area contributed by atoms with Crippen LogP contribution in [0, 0.1) is 0 Å². The number of nitrogens with zero attached hydrogens (tertiary/aromatic N) is 1. The van der Waals surface area contributed by atoms with Gasteiger partial charge >= 0.3 is 0 Å². The number of ketones is 1. The number of rotatable bonds is 3. The molecule has 4 rings (SSSR count). The van der Waals surface area contributed by atoms with Gasteiger partial charge in [0.1, 0.15) is 13.2 Å².